The fraction of sp³-hybridized carbons (Fsp3) is 1.00. The zero-order valence-electron chi connectivity index (χ0n) is 17.8. The maximum atomic E-state index is 6.30. The second kappa shape index (κ2) is 10.9. The van der Waals surface area contributed by atoms with Crippen molar-refractivity contribution in [3.05, 3.63) is 0 Å². The molecule has 1 spiro atoms. The number of rotatable bonds is 8. The van der Waals surface area contributed by atoms with Gasteiger partial charge in [0.15, 0.2) is 5.79 Å². The molecule has 1 heterocycles. The summed E-state index contributed by atoms with van der Waals surface area (Å²) in [4.78, 5) is 5.31. The highest BCUT2D eigenvalue weighted by Crippen LogP contribution is 2.48. The summed E-state index contributed by atoms with van der Waals surface area (Å²) in [5.74, 6) is 1.20. The lowest BCUT2D eigenvalue weighted by Gasteiger charge is -2.44. The van der Waals surface area contributed by atoms with E-state index in [1.807, 2.05) is 13.8 Å². The maximum absolute atomic E-state index is 6.30. The molecule has 1 atom stereocenters. The van der Waals surface area contributed by atoms with E-state index in [1.54, 1.807) is 0 Å². The minimum atomic E-state index is -0.293. The summed E-state index contributed by atoms with van der Waals surface area (Å²) in [5.41, 5.74) is 3.41. The van der Waals surface area contributed by atoms with Crippen LogP contribution in [-0.2, 0) is 14.3 Å². The summed E-state index contributed by atoms with van der Waals surface area (Å²) in [6, 6.07) is 0. The average molecular weight is 358 g/mol. The van der Waals surface area contributed by atoms with E-state index in [4.69, 9.17) is 14.3 Å². The molecule has 0 aromatic carbocycles. The first-order valence-electron chi connectivity index (χ1n) is 10.6. The number of hydroxylamine groups is 1. The highest BCUT2D eigenvalue weighted by Gasteiger charge is 2.46. The van der Waals surface area contributed by atoms with Crippen LogP contribution in [0.15, 0.2) is 0 Å². The summed E-state index contributed by atoms with van der Waals surface area (Å²) in [6.07, 6.45) is 6.72. The number of hydrogen-bond donors (Lipinski definition) is 1. The highest BCUT2D eigenvalue weighted by molar-refractivity contribution is 4.91. The molecule has 1 saturated carbocycles. The Hall–Kier alpha value is -0.160. The number of nitrogens with one attached hydrogen (secondary N) is 1. The third-order valence-corrected chi connectivity index (χ3v) is 6.18. The molecule has 1 aliphatic heterocycles. The molecule has 2 rings (SSSR count). The van der Waals surface area contributed by atoms with Gasteiger partial charge in [-0.15, -0.1) is 0 Å². The van der Waals surface area contributed by atoms with Crippen LogP contribution in [0.4, 0.5) is 0 Å². The van der Waals surface area contributed by atoms with Crippen molar-refractivity contribution in [2.45, 2.75) is 98.9 Å². The second-order valence-electron chi connectivity index (χ2n) is 8.24. The monoisotopic (exact) mass is 357 g/mol. The van der Waals surface area contributed by atoms with Gasteiger partial charge in [-0.3, -0.25) is 0 Å². The molecule has 0 amide bonds. The Morgan fingerprint density at radius 2 is 1.84 bits per heavy atom. The van der Waals surface area contributed by atoms with Crippen LogP contribution < -0.4 is 5.48 Å². The predicted molar refractivity (Wildman–Crippen MR) is 104 cm³/mol. The van der Waals surface area contributed by atoms with Crippen molar-refractivity contribution in [3.8, 4) is 0 Å². The van der Waals surface area contributed by atoms with Crippen LogP contribution in [0.1, 0.15) is 87.0 Å². The maximum Gasteiger partial charge on any atom is 0.168 e. The first-order valence-corrected chi connectivity index (χ1v) is 10.6. The lowest BCUT2D eigenvalue weighted by molar-refractivity contribution is -0.198. The number of hydrogen-bond acceptors (Lipinski definition) is 4. The van der Waals surface area contributed by atoms with Gasteiger partial charge in [0, 0.05) is 19.4 Å². The number of ether oxygens (including phenoxy) is 2. The van der Waals surface area contributed by atoms with Crippen LogP contribution in [0.25, 0.3) is 0 Å². The molecular formula is C21H43NO3. The Balaban J connectivity index is 0.00000151. The Kier molecular flexibility index (Phi) is 9.94. The predicted octanol–water partition coefficient (Wildman–Crippen LogP) is 5.32. The van der Waals surface area contributed by atoms with E-state index in [-0.39, 0.29) is 11.9 Å². The molecule has 1 unspecified atom stereocenters. The normalized spacial score (nSPS) is 29.8. The van der Waals surface area contributed by atoms with Gasteiger partial charge in [0.2, 0.25) is 0 Å². The summed E-state index contributed by atoms with van der Waals surface area (Å²) in [6.45, 7) is 18.0. The molecule has 0 bridgehead atoms. The van der Waals surface area contributed by atoms with E-state index in [1.165, 1.54) is 12.8 Å². The van der Waals surface area contributed by atoms with E-state index in [0.29, 0.717) is 11.3 Å². The summed E-state index contributed by atoms with van der Waals surface area (Å²) >= 11 is 0. The van der Waals surface area contributed by atoms with Gasteiger partial charge < -0.3 is 14.3 Å². The van der Waals surface area contributed by atoms with E-state index >= 15 is 0 Å². The van der Waals surface area contributed by atoms with Crippen molar-refractivity contribution in [3.63, 3.8) is 0 Å². The van der Waals surface area contributed by atoms with Crippen molar-refractivity contribution in [2.24, 2.45) is 17.3 Å². The third-order valence-electron chi connectivity index (χ3n) is 6.18. The zero-order chi connectivity index (χ0) is 18.9. The lowest BCUT2D eigenvalue weighted by Crippen LogP contribution is -2.41. The van der Waals surface area contributed by atoms with Crippen LogP contribution in [0.5, 0.6) is 0 Å². The smallest absolute Gasteiger partial charge is 0.168 e. The molecule has 150 valence electrons. The minimum Gasteiger partial charge on any atom is -0.347 e. The van der Waals surface area contributed by atoms with E-state index in [2.05, 4.69) is 40.1 Å². The molecule has 0 aromatic rings. The summed E-state index contributed by atoms with van der Waals surface area (Å²) in [7, 11) is 0. The van der Waals surface area contributed by atoms with E-state index in [0.717, 1.165) is 51.4 Å². The molecule has 2 fully saturated rings. The first kappa shape index (κ1) is 22.9. The van der Waals surface area contributed by atoms with Gasteiger partial charge in [0.1, 0.15) is 0 Å². The molecule has 2 aliphatic rings. The van der Waals surface area contributed by atoms with Crippen LogP contribution in [0.2, 0.25) is 0 Å². The standard InChI is InChI=1S/C19H37NO3.C2H6/c1-6-13-22-20-12-9-17-14-21-19(23-17)10-7-16(8-11-19)18(4,5)15(2)3;1-2/h15-17,20H,6-14H2,1-5H3;1-2H3. The van der Waals surface area contributed by atoms with E-state index in [9.17, 15) is 0 Å². The van der Waals surface area contributed by atoms with Gasteiger partial charge in [-0.1, -0.05) is 48.5 Å². The van der Waals surface area contributed by atoms with Gasteiger partial charge >= 0.3 is 0 Å². The first-order chi connectivity index (χ1) is 11.9. The Morgan fingerprint density at radius 1 is 1.20 bits per heavy atom. The average Bonchev–Trinajstić information content (AvgIpc) is 2.99. The van der Waals surface area contributed by atoms with Crippen molar-refractivity contribution in [2.75, 3.05) is 19.8 Å². The molecule has 0 radical (unpaired) electrons. The molecule has 4 nitrogen and oxygen atoms in total. The Labute approximate surface area is 156 Å². The Bertz CT molecular complexity index is 349. The van der Waals surface area contributed by atoms with Gasteiger partial charge in [-0.2, -0.15) is 0 Å². The van der Waals surface area contributed by atoms with Gasteiger partial charge in [-0.05, 0) is 42.9 Å². The quantitative estimate of drug-likeness (QED) is 0.471. The zero-order valence-corrected chi connectivity index (χ0v) is 17.8. The molecule has 4 heteroatoms. The van der Waals surface area contributed by atoms with Crippen molar-refractivity contribution in [1.82, 2.24) is 5.48 Å². The lowest BCUT2D eigenvalue weighted by atomic mass is 9.64. The second-order valence-corrected chi connectivity index (χ2v) is 8.24. The molecule has 25 heavy (non-hydrogen) atoms. The van der Waals surface area contributed by atoms with Crippen molar-refractivity contribution in [1.29, 1.82) is 0 Å². The van der Waals surface area contributed by atoms with Crippen LogP contribution in [0.3, 0.4) is 0 Å². The Morgan fingerprint density at radius 3 is 2.40 bits per heavy atom. The van der Waals surface area contributed by atoms with Crippen LogP contribution in [0, 0.1) is 17.3 Å². The SMILES string of the molecule is CC.CCCONCCC1COC2(CCC(C(C)(C)C(C)C)CC2)O1. The fourth-order valence-corrected chi connectivity index (χ4v) is 3.76. The summed E-state index contributed by atoms with van der Waals surface area (Å²) in [5, 5.41) is 0. The molecule has 1 aliphatic carbocycles. The molecule has 0 aromatic heterocycles. The fourth-order valence-electron chi connectivity index (χ4n) is 3.76. The summed E-state index contributed by atoms with van der Waals surface area (Å²) < 4.78 is 12.4. The molecule has 1 saturated heterocycles. The van der Waals surface area contributed by atoms with Gasteiger partial charge in [0.25, 0.3) is 0 Å². The van der Waals surface area contributed by atoms with E-state index < -0.39 is 0 Å². The minimum absolute atomic E-state index is 0.211. The van der Waals surface area contributed by atoms with Gasteiger partial charge in [0.05, 0.1) is 19.3 Å². The van der Waals surface area contributed by atoms with Crippen LogP contribution >= 0.6 is 0 Å². The highest BCUT2D eigenvalue weighted by atomic mass is 16.7. The van der Waals surface area contributed by atoms with Crippen molar-refractivity contribution < 1.29 is 14.3 Å². The van der Waals surface area contributed by atoms with Crippen molar-refractivity contribution >= 4 is 0 Å². The largest absolute Gasteiger partial charge is 0.347 e. The van der Waals surface area contributed by atoms with Gasteiger partial charge in [-0.25, -0.2) is 5.48 Å². The van der Waals surface area contributed by atoms with Crippen LogP contribution in [-0.4, -0.2) is 31.6 Å². The molecule has 1 N–H and O–H groups in total. The third kappa shape index (κ3) is 6.50. The molecular weight excluding hydrogens is 314 g/mol. The topological polar surface area (TPSA) is 39.7 Å².